The van der Waals surface area contributed by atoms with Crippen LogP contribution < -0.4 is 5.32 Å². The van der Waals surface area contributed by atoms with Gasteiger partial charge in [-0.25, -0.2) is 4.98 Å². The van der Waals surface area contributed by atoms with Gasteiger partial charge >= 0.3 is 0 Å². The molecule has 0 atom stereocenters. The van der Waals surface area contributed by atoms with E-state index in [4.69, 9.17) is 16.3 Å². The molecule has 0 aromatic carbocycles. The normalized spacial score (nSPS) is 17.9. The lowest BCUT2D eigenvalue weighted by molar-refractivity contribution is -0.0601. The smallest absolute Gasteiger partial charge is 0.144 e. The predicted octanol–water partition coefficient (Wildman–Crippen LogP) is 3.48. The molecule has 1 aliphatic carbocycles. The average molecular weight is 306 g/mol. The topological polar surface area (TPSA) is 34.1 Å². The molecule has 1 aliphatic rings. The second kappa shape index (κ2) is 4.90. The van der Waals surface area contributed by atoms with E-state index in [1.165, 1.54) is 6.42 Å². The Kier molecular flexibility index (Phi) is 3.72. The minimum absolute atomic E-state index is 0.0158. The lowest BCUT2D eigenvalue weighted by Crippen LogP contribution is -2.45. The summed E-state index contributed by atoms with van der Waals surface area (Å²) < 4.78 is 6.40. The largest absolute Gasteiger partial charge is 0.376 e. The highest BCUT2D eigenvalue weighted by Gasteiger charge is 2.36. The van der Waals surface area contributed by atoms with Crippen LogP contribution in [0.2, 0.25) is 5.02 Å². The van der Waals surface area contributed by atoms with Gasteiger partial charge in [-0.1, -0.05) is 11.6 Å². The molecular weight excluding hydrogens is 291 g/mol. The maximum atomic E-state index is 6.07. The van der Waals surface area contributed by atoms with Crippen LogP contribution in [0.15, 0.2) is 16.7 Å². The first-order chi connectivity index (χ1) is 7.65. The molecule has 16 heavy (non-hydrogen) atoms. The number of methoxy groups -OCH3 is 1. The summed E-state index contributed by atoms with van der Waals surface area (Å²) in [7, 11) is 1.76. The van der Waals surface area contributed by atoms with Crippen molar-refractivity contribution in [3.8, 4) is 0 Å². The number of pyridine rings is 1. The van der Waals surface area contributed by atoms with E-state index in [9.17, 15) is 0 Å². The number of ether oxygens (including phenoxy) is 1. The van der Waals surface area contributed by atoms with Crippen LogP contribution in [0.4, 0.5) is 5.82 Å². The molecule has 2 rings (SSSR count). The molecule has 0 bridgehead atoms. The summed E-state index contributed by atoms with van der Waals surface area (Å²) in [5.74, 6) is 0.716. The zero-order valence-electron chi connectivity index (χ0n) is 9.09. The van der Waals surface area contributed by atoms with Crippen molar-refractivity contribution in [3.05, 3.63) is 21.8 Å². The standard InChI is InChI=1S/C11H14BrClN2O/c1-16-11(3-2-4-11)7-15-10-9(13)5-8(12)6-14-10/h5-6H,2-4,7H2,1H3,(H,14,15). The van der Waals surface area contributed by atoms with Crippen LogP contribution in [0.1, 0.15) is 19.3 Å². The second-order valence-electron chi connectivity index (χ2n) is 4.08. The fourth-order valence-electron chi connectivity index (χ4n) is 1.81. The second-order valence-corrected chi connectivity index (χ2v) is 5.40. The van der Waals surface area contributed by atoms with E-state index in [2.05, 4.69) is 26.2 Å². The van der Waals surface area contributed by atoms with E-state index in [0.717, 1.165) is 23.9 Å². The molecule has 0 unspecified atom stereocenters. The SMILES string of the molecule is COC1(CNc2ncc(Br)cc2Cl)CCC1. The number of hydrogen-bond acceptors (Lipinski definition) is 3. The zero-order chi connectivity index (χ0) is 11.6. The average Bonchev–Trinajstić information content (AvgIpc) is 2.19. The van der Waals surface area contributed by atoms with Crippen molar-refractivity contribution in [1.29, 1.82) is 0 Å². The molecule has 3 nitrogen and oxygen atoms in total. The number of nitrogens with zero attached hydrogens (tertiary/aromatic N) is 1. The third-order valence-electron chi connectivity index (χ3n) is 3.08. The molecule has 1 heterocycles. The number of rotatable bonds is 4. The Bertz CT molecular complexity index is 377. The minimum atomic E-state index is -0.0158. The molecule has 1 aromatic heterocycles. The van der Waals surface area contributed by atoms with Gasteiger partial charge in [-0.05, 0) is 41.3 Å². The highest BCUT2D eigenvalue weighted by molar-refractivity contribution is 9.10. The summed E-state index contributed by atoms with van der Waals surface area (Å²) in [5.41, 5.74) is -0.0158. The number of nitrogens with one attached hydrogen (secondary N) is 1. The Morgan fingerprint density at radius 3 is 2.88 bits per heavy atom. The van der Waals surface area contributed by atoms with Gasteiger partial charge in [0.2, 0.25) is 0 Å². The van der Waals surface area contributed by atoms with Crippen LogP contribution >= 0.6 is 27.5 Å². The lowest BCUT2D eigenvalue weighted by Gasteiger charge is -2.40. The van der Waals surface area contributed by atoms with Gasteiger partial charge in [0, 0.05) is 24.3 Å². The highest BCUT2D eigenvalue weighted by Crippen LogP contribution is 2.35. The molecule has 0 radical (unpaired) electrons. The molecule has 0 aliphatic heterocycles. The lowest BCUT2D eigenvalue weighted by atomic mass is 9.80. The monoisotopic (exact) mass is 304 g/mol. The Morgan fingerprint density at radius 1 is 1.62 bits per heavy atom. The Balaban J connectivity index is 1.99. The molecule has 88 valence electrons. The summed E-state index contributed by atoms with van der Waals surface area (Å²) in [6.45, 7) is 0.762. The van der Waals surface area contributed by atoms with Crippen molar-refractivity contribution < 1.29 is 4.74 Å². The molecule has 0 amide bonds. The maximum absolute atomic E-state index is 6.07. The number of halogens is 2. The third kappa shape index (κ3) is 2.50. The van der Waals surface area contributed by atoms with E-state index in [1.54, 1.807) is 13.3 Å². The summed E-state index contributed by atoms with van der Waals surface area (Å²) in [5, 5.41) is 3.87. The molecule has 1 N–H and O–H groups in total. The van der Waals surface area contributed by atoms with Crippen molar-refractivity contribution >= 4 is 33.3 Å². The van der Waals surface area contributed by atoms with Crippen molar-refractivity contribution in [2.24, 2.45) is 0 Å². The predicted molar refractivity (Wildman–Crippen MR) is 69.0 cm³/mol. The van der Waals surface area contributed by atoms with Crippen LogP contribution in [-0.2, 0) is 4.74 Å². The van der Waals surface area contributed by atoms with Gasteiger partial charge in [0.1, 0.15) is 5.82 Å². The Morgan fingerprint density at radius 2 is 2.38 bits per heavy atom. The van der Waals surface area contributed by atoms with E-state index in [0.29, 0.717) is 10.8 Å². The summed E-state index contributed by atoms with van der Waals surface area (Å²) in [6.07, 6.45) is 5.17. The van der Waals surface area contributed by atoms with E-state index in [1.807, 2.05) is 6.07 Å². The molecule has 0 saturated heterocycles. The van der Waals surface area contributed by atoms with Gasteiger partial charge in [-0.2, -0.15) is 0 Å². The Hall–Kier alpha value is -0.320. The number of aromatic nitrogens is 1. The maximum Gasteiger partial charge on any atom is 0.144 e. The van der Waals surface area contributed by atoms with Gasteiger partial charge in [-0.3, -0.25) is 0 Å². The van der Waals surface area contributed by atoms with E-state index < -0.39 is 0 Å². The molecule has 5 heteroatoms. The van der Waals surface area contributed by atoms with Crippen molar-refractivity contribution in [2.75, 3.05) is 19.0 Å². The fraction of sp³-hybridized carbons (Fsp3) is 0.545. The van der Waals surface area contributed by atoms with Gasteiger partial charge < -0.3 is 10.1 Å². The molecular formula is C11H14BrClN2O. The first-order valence-electron chi connectivity index (χ1n) is 5.25. The van der Waals surface area contributed by atoms with Gasteiger partial charge in [-0.15, -0.1) is 0 Å². The van der Waals surface area contributed by atoms with E-state index in [-0.39, 0.29) is 5.60 Å². The van der Waals surface area contributed by atoms with Gasteiger partial charge in [0.25, 0.3) is 0 Å². The van der Waals surface area contributed by atoms with Gasteiger partial charge in [0.05, 0.1) is 10.6 Å². The number of anilines is 1. The highest BCUT2D eigenvalue weighted by atomic mass is 79.9. The van der Waals surface area contributed by atoms with Crippen LogP contribution in [0.5, 0.6) is 0 Å². The summed E-state index contributed by atoms with van der Waals surface area (Å²) in [6, 6.07) is 1.83. The fourth-order valence-corrected chi connectivity index (χ4v) is 2.51. The van der Waals surface area contributed by atoms with Crippen LogP contribution in [0.25, 0.3) is 0 Å². The summed E-state index contributed by atoms with van der Waals surface area (Å²) >= 11 is 9.39. The zero-order valence-corrected chi connectivity index (χ0v) is 11.4. The van der Waals surface area contributed by atoms with Gasteiger partial charge in [0.15, 0.2) is 0 Å². The van der Waals surface area contributed by atoms with Crippen LogP contribution in [0, 0.1) is 0 Å². The molecule has 1 fully saturated rings. The van der Waals surface area contributed by atoms with Crippen molar-refractivity contribution in [2.45, 2.75) is 24.9 Å². The number of hydrogen-bond donors (Lipinski definition) is 1. The van der Waals surface area contributed by atoms with Crippen LogP contribution in [-0.4, -0.2) is 24.2 Å². The van der Waals surface area contributed by atoms with Crippen molar-refractivity contribution in [3.63, 3.8) is 0 Å². The van der Waals surface area contributed by atoms with Crippen molar-refractivity contribution in [1.82, 2.24) is 4.98 Å². The molecule has 1 saturated carbocycles. The third-order valence-corrected chi connectivity index (χ3v) is 3.81. The summed E-state index contributed by atoms with van der Waals surface area (Å²) in [4.78, 5) is 4.23. The van der Waals surface area contributed by atoms with Crippen LogP contribution in [0.3, 0.4) is 0 Å². The molecule has 1 aromatic rings. The first-order valence-corrected chi connectivity index (χ1v) is 6.42. The quantitative estimate of drug-likeness (QED) is 0.925. The minimum Gasteiger partial charge on any atom is -0.376 e. The molecule has 0 spiro atoms. The Labute approximate surface area is 109 Å². The van der Waals surface area contributed by atoms with E-state index >= 15 is 0 Å². The first kappa shape index (κ1) is 12.1.